The second-order valence-electron chi connectivity index (χ2n) is 15.0. The standard InChI is InChI=1S/C45H44N2O2/c1-43(2,3)37-17-11-19-39(41(37)46)48-31-25-21-29(22-26-31)45(35-15-9-7-13-33(35)34-14-8-10-16-36(34)45)30-23-27-32(28-24-30)49-40-20-12-18-38(42(40)47)44(4,5)6/h7-28H,46-47H2,1-6H3. The summed E-state index contributed by atoms with van der Waals surface area (Å²) in [6.07, 6.45) is 0. The summed E-state index contributed by atoms with van der Waals surface area (Å²) < 4.78 is 12.8. The number of hydrogen-bond acceptors (Lipinski definition) is 4. The monoisotopic (exact) mass is 644 g/mol. The molecule has 0 spiro atoms. The number of anilines is 2. The van der Waals surface area contributed by atoms with Crippen LogP contribution in [-0.2, 0) is 16.2 Å². The fourth-order valence-electron chi connectivity index (χ4n) is 7.40. The van der Waals surface area contributed by atoms with Crippen molar-refractivity contribution in [2.24, 2.45) is 0 Å². The summed E-state index contributed by atoms with van der Waals surface area (Å²) in [6, 6.07) is 46.4. The Kier molecular flexibility index (Phi) is 7.79. The number of hydrogen-bond donors (Lipinski definition) is 2. The SMILES string of the molecule is CC(C)(C)c1cccc(Oc2ccc(C3(c4ccc(Oc5cccc(C(C)(C)C)c5N)cc4)c4ccccc4-c4ccccc43)cc2)c1N. The summed E-state index contributed by atoms with van der Waals surface area (Å²) >= 11 is 0. The number of fused-ring (bicyclic) bond motifs is 3. The lowest BCUT2D eigenvalue weighted by atomic mass is 9.68. The predicted molar refractivity (Wildman–Crippen MR) is 203 cm³/mol. The van der Waals surface area contributed by atoms with Crippen LogP contribution in [0.2, 0.25) is 0 Å². The van der Waals surface area contributed by atoms with Crippen LogP contribution in [0.15, 0.2) is 133 Å². The molecule has 0 saturated carbocycles. The van der Waals surface area contributed by atoms with Crippen molar-refractivity contribution < 1.29 is 9.47 Å². The van der Waals surface area contributed by atoms with E-state index >= 15 is 0 Å². The molecule has 6 aromatic carbocycles. The quantitative estimate of drug-likeness (QED) is 0.177. The summed E-state index contributed by atoms with van der Waals surface area (Å²) in [4.78, 5) is 0. The molecule has 0 atom stereocenters. The van der Waals surface area contributed by atoms with Crippen molar-refractivity contribution in [1.29, 1.82) is 0 Å². The highest BCUT2D eigenvalue weighted by atomic mass is 16.5. The molecule has 0 radical (unpaired) electrons. The summed E-state index contributed by atoms with van der Waals surface area (Å²) in [5, 5.41) is 0. The Labute approximate surface area is 290 Å². The third-order valence-electron chi connectivity index (χ3n) is 9.73. The highest BCUT2D eigenvalue weighted by molar-refractivity contribution is 5.86. The highest BCUT2D eigenvalue weighted by Gasteiger charge is 2.45. The average Bonchev–Trinajstić information content (AvgIpc) is 3.37. The summed E-state index contributed by atoms with van der Waals surface area (Å²) in [6.45, 7) is 13.0. The molecule has 0 heterocycles. The fraction of sp³-hybridized carbons (Fsp3) is 0.200. The minimum Gasteiger partial charge on any atom is -0.455 e. The summed E-state index contributed by atoms with van der Waals surface area (Å²) in [5.74, 6) is 2.79. The summed E-state index contributed by atoms with van der Waals surface area (Å²) in [5.41, 5.74) is 23.2. The van der Waals surface area contributed by atoms with E-state index in [4.69, 9.17) is 20.9 Å². The maximum Gasteiger partial charge on any atom is 0.150 e. The Morgan fingerprint density at radius 3 is 1.16 bits per heavy atom. The molecule has 0 saturated heterocycles. The zero-order valence-corrected chi connectivity index (χ0v) is 29.2. The lowest BCUT2D eigenvalue weighted by molar-refractivity contribution is 0.481. The fourth-order valence-corrected chi connectivity index (χ4v) is 7.40. The van der Waals surface area contributed by atoms with Crippen molar-refractivity contribution in [3.8, 4) is 34.1 Å². The molecule has 1 aliphatic carbocycles. The molecule has 246 valence electrons. The molecule has 7 rings (SSSR count). The van der Waals surface area contributed by atoms with Gasteiger partial charge in [0.05, 0.1) is 16.8 Å². The predicted octanol–water partition coefficient (Wildman–Crippen LogP) is 11.4. The van der Waals surface area contributed by atoms with Gasteiger partial charge in [-0.2, -0.15) is 0 Å². The second kappa shape index (κ2) is 11.9. The number of nitrogen functional groups attached to an aromatic ring is 2. The van der Waals surface area contributed by atoms with Crippen LogP contribution in [-0.4, -0.2) is 0 Å². The van der Waals surface area contributed by atoms with Gasteiger partial charge in [-0.05, 0) is 91.7 Å². The number of nitrogens with two attached hydrogens (primary N) is 2. The maximum absolute atomic E-state index is 6.60. The van der Waals surface area contributed by atoms with Crippen molar-refractivity contribution >= 4 is 11.4 Å². The second-order valence-corrected chi connectivity index (χ2v) is 15.0. The van der Waals surface area contributed by atoms with E-state index in [1.165, 1.54) is 22.3 Å². The van der Waals surface area contributed by atoms with Crippen LogP contribution in [0, 0.1) is 0 Å². The van der Waals surface area contributed by atoms with Crippen LogP contribution in [0.4, 0.5) is 11.4 Å². The third kappa shape index (κ3) is 5.51. The van der Waals surface area contributed by atoms with Crippen LogP contribution < -0.4 is 20.9 Å². The Morgan fingerprint density at radius 2 is 0.796 bits per heavy atom. The molecule has 0 bridgehead atoms. The average molecular weight is 645 g/mol. The van der Waals surface area contributed by atoms with Gasteiger partial charge in [0.2, 0.25) is 0 Å². The Bertz CT molecular complexity index is 1990. The van der Waals surface area contributed by atoms with Gasteiger partial charge in [0.1, 0.15) is 11.5 Å². The van der Waals surface area contributed by atoms with Gasteiger partial charge in [-0.25, -0.2) is 0 Å². The molecule has 0 aliphatic heterocycles. The molecule has 0 fully saturated rings. The van der Waals surface area contributed by atoms with Gasteiger partial charge in [0.15, 0.2) is 11.5 Å². The molecule has 0 aromatic heterocycles. The molecule has 6 aromatic rings. The number of benzene rings is 6. The van der Waals surface area contributed by atoms with E-state index in [1.807, 2.05) is 48.5 Å². The molecule has 1 aliphatic rings. The van der Waals surface area contributed by atoms with Crippen molar-refractivity contribution in [1.82, 2.24) is 0 Å². The van der Waals surface area contributed by atoms with Gasteiger partial charge in [-0.3, -0.25) is 0 Å². The van der Waals surface area contributed by atoms with E-state index < -0.39 is 5.41 Å². The molecule has 4 heteroatoms. The van der Waals surface area contributed by atoms with Crippen LogP contribution in [0.5, 0.6) is 23.0 Å². The van der Waals surface area contributed by atoms with Gasteiger partial charge in [-0.15, -0.1) is 0 Å². The van der Waals surface area contributed by atoms with Gasteiger partial charge in [0, 0.05) is 0 Å². The van der Waals surface area contributed by atoms with E-state index in [2.05, 4.69) is 126 Å². The molecule has 0 amide bonds. The molecule has 0 unspecified atom stereocenters. The molecular weight excluding hydrogens is 601 g/mol. The van der Waals surface area contributed by atoms with Crippen LogP contribution >= 0.6 is 0 Å². The van der Waals surface area contributed by atoms with Crippen molar-refractivity contribution in [3.63, 3.8) is 0 Å². The smallest absolute Gasteiger partial charge is 0.150 e. The normalized spacial score (nSPS) is 13.4. The molecule has 49 heavy (non-hydrogen) atoms. The van der Waals surface area contributed by atoms with Gasteiger partial charge < -0.3 is 20.9 Å². The number of ether oxygens (including phenoxy) is 2. The zero-order chi connectivity index (χ0) is 34.6. The Hall–Kier alpha value is -5.48. The highest BCUT2D eigenvalue weighted by Crippen LogP contribution is 2.56. The minimum atomic E-state index is -0.555. The van der Waals surface area contributed by atoms with Gasteiger partial charge >= 0.3 is 0 Å². The lowest BCUT2D eigenvalue weighted by Crippen LogP contribution is -2.28. The molecular formula is C45H44N2O2. The Morgan fingerprint density at radius 1 is 0.429 bits per heavy atom. The first-order valence-corrected chi connectivity index (χ1v) is 16.9. The van der Waals surface area contributed by atoms with E-state index in [1.54, 1.807) is 0 Å². The van der Waals surface area contributed by atoms with Gasteiger partial charge in [0.25, 0.3) is 0 Å². The molecule has 4 N–H and O–H groups in total. The van der Waals surface area contributed by atoms with Crippen LogP contribution in [0.3, 0.4) is 0 Å². The Balaban J connectivity index is 1.31. The van der Waals surface area contributed by atoms with E-state index in [9.17, 15) is 0 Å². The maximum atomic E-state index is 6.60. The summed E-state index contributed by atoms with van der Waals surface area (Å²) in [7, 11) is 0. The van der Waals surface area contributed by atoms with E-state index in [0.717, 1.165) is 33.8 Å². The first kappa shape index (κ1) is 32.1. The van der Waals surface area contributed by atoms with Crippen LogP contribution in [0.25, 0.3) is 11.1 Å². The number of rotatable bonds is 6. The lowest BCUT2D eigenvalue weighted by Gasteiger charge is -2.34. The van der Waals surface area contributed by atoms with Crippen molar-refractivity contribution in [2.75, 3.05) is 11.5 Å². The number of para-hydroxylation sites is 2. The molecule has 4 nitrogen and oxygen atoms in total. The topological polar surface area (TPSA) is 70.5 Å². The van der Waals surface area contributed by atoms with Crippen molar-refractivity contribution in [2.45, 2.75) is 57.8 Å². The van der Waals surface area contributed by atoms with E-state index in [0.29, 0.717) is 22.9 Å². The van der Waals surface area contributed by atoms with Gasteiger partial charge in [-0.1, -0.05) is 139 Å². The first-order valence-electron chi connectivity index (χ1n) is 16.9. The van der Waals surface area contributed by atoms with Crippen molar-refractivity contribution in [3.05, 3.63) is 167 Å². The minimum absolute atomic E-state index is 0.0907. The van der Waals surface area contributed by atoms with E-state index in [-0.39, 0.29) is 10.8 Å². The largest absolute Gasteiger partial charge is 0.455 e. The van der Waals surface area contributed by atoms with Crippen LogP contribution in [0.1, 0.15) is 74.9 Å². The zero-order valence-electron chi connectivity index (χ0n) is 29.2. The first-order chi connectivity index (χ1) is 23.4. The third-order valence-corrected chi connectivity index (χ3v) is 9.73.